The SMILES string of the molecule is COc1cc(NC(=O)C(N=Nc2cc(OC)c(Cl)c(OC)c2)C(C)=O)c(OC)cc1Cl. The van der Waals surface area contributed by atoms with E-state index in [4.69, 9.17) is 42.1 Å². The smallest absolute Gasteiger partial charge is 0.258 e. The maximum absolute atomic E-state index is 12.7. The zero-order valence-electron chi connectivity index (χ0n) is 17.5. The molecule has 0 fully saturated rings. The number of nitrogens with one attached hydrogen (secondary N) is 1. The van der Waals surface area contributed by atoms with E-state index >= 15 is 0 Å². The first kappa shape index (κ1) is 24.2. The molecule has 31 heavy (non-hydrogen) atoms. The highest BCUT2D eigenvalue weighted by molar-refractivity contribution is 6.33. The molecule has 0 saturated carbocycles. The van der Waals surface area contributed by atoms with Crippen molar-refractivity contribution in [1.29, 1.82) is 0 Å². The molecule has 0 aliphatic heterocycles. The summed E-state index contributed by atoms with van der Waals surface area (Å²) in [6, 6.07) is 4.53. The van der Waals surface area contributed by atoms with E-state index in [9.17, 15) is 9.59 Å². The van der Waals surface area contributed by atoms with Crippen molar-refractivity contribution in [2.45, 2.75) is 13.0 Å². The van der Waals surface area contributed by atoms with Gasteiger partial charge in [-0.3, -0.25) is 9.59 Å². The summed E-state index contributed by atoms with van der Waals surface area (Å²) in [6.07, 6.45) is 0. The quantitative estimate of drug-likeness (QED) is 0.420. The van der Waals surface area contributed by atoms with Crippen molar-refractivity contribution in [3.05, 3.63) is 34.3 Å². The second-order valence-corrected chi connectivity index (χ2v) is 6.85. The fourth-order valence-electron chi connectivity index (χ4n) is 2.52. The third kappa shape index (κ3) is 5.77. The third-order valence-corrected chi connectivity index (χ3v) is 4.75. The van der Waals surface area contributed by atoms with Gasteiger partial charge in [-0.15, -0.1) is 0 Å². The number of carbonyl (C=O) groups excluding carboxylic acids is 2. The van der Waals surface area contributed by atoms with Gasteiger partial charge in [0.1, 0.15) is 28.0 Å². The van der Waals surface area contributed by atoms with Crippen molar-refractivity contribution in [2.24, 2.45) is 10.2 Å². The van der Waals surface area contributed by atoms with Gasteiger partial charge in [0.05, 0.1) is 44.8 Å². The van der Waals surface area contributed by atoms with Crippen molar-refractivity contribution >= 4 is 46.3 Å². The van der Waals surface area contributed by atoms with Crippen LogP contribution in [-0.4, -0.2) is 46.2 Å². The fourth-order valence-corrected chi connectivity index (χ4v) is 3.01. The molecule has 1 N–H and O–H groups in total. The summed E-state index contributed by atoms with van der Waals surface area (Å²) in [5.41, 5.74) is 0.535. The lowest BCUT2D eigenvalue weighted by atomic mass is 10.2. The Morgan fingerprint density at radius 3 is 1.90 bits per heavy atom. The van der Waals surface area contributed by atoms with Gasteiger partial charge in [0, 0.05) is 24.3 Å². The van der Waals surface area contributed by atoms with Crippen LogP contribution in [0, 0.1) is 0 Å². The molecule has 0 aromatic heterocycles. The van der Waals surface area contributed by atoms with Crippen molar-refractivity contribution in [3.63, 3.8) is 0 Å². The zero-order valence-corrected chi connectivity index (χ0v) is 19.0. The highest BCUT2D eigenvalue weighted by Gasteiger charge is 2.25. The third-order valence-electron chi connectivity index (χ3n) is 4.08. The van der Waals surface area contributed by atoms with Gasteiger partial charge in [0.25, 0.3) is 5.91 Å². The largest absolute Gasteiger partial charge is 0.495 e. The molecule has 1 atom stereocenters. The number of Topliss-reactive ketones (excluding diaryl/α,β-unsaturated/α-hetero) is 1. The van der Waals surface area contributed by atoms with E-state index < -0.39 is 17.7 Å². The molecular weight excluding hydrogens is 449 g/mol. The average Bonchev–Trinajstić information content (AvgIpc) is 2.75. The molecule has 9 nitrogen and oxygen atoms in total. The van der Waals surface area contributed by atoms with E-state index in [1.165, 1.54) is 59.6 Å². The van der Waals surface area contributed by atoms with E-state index in [0.29, 0.717) is 22.3 Å². The van der Waals surface area contributed by atoms with E-state index in [1.54, 1.807) is 0 Å². The maximum Gasteiger partial charge on any atom is 0.258 e. The number of anilines is 1. The lowest BCUT2D eigenvalue weighted by Crippen LogP contribution is -2.32. The number of hydrogen-bond donors (Lipinski definition) is 1. The minimum Gasteiger partial charge on any atom is -0.495 e. The molecule has 0 saturated heterocycles. The summed E-state index contributed by atoms with van der Waals surface area (Å²) in [4.78, 5) is 24.8. The second kappa shape index (κ2) is 10.8. The van der Waals surface area contributed by atoms with Crippen molar-refractivity contribution in [3.8, 4) is 23.0 Å². The van der Waals surface area contributed by atoms with Crippen molar-refractivity contribution in [2.75, 3.05) is 33.8 Å². The molecule has 0 aliphatic rings. The predicted octanol–water partition coefficient (Wildman–Crippen LogP) is 4.71. The van der Waals surface area contributed by atoms with Gasteiger partial charge in [-0.05, 0) is 6.92 Å². The van der Waals surface area contributed by atoms with Crippen LogP contribution in [-0.2, 0) is 9.59 Å². The van der Waals surface area contributed by atoms with Crippen LogP contribution >= 0.6 is 23.2 Å². The Hall–Kier alpha value is -3.04. The number of benzene rings is 2. The molecule has 2 aromatic rings. The first-order valence-electron chi connectivity index (χ1n) is 8.80. The summed E-state index contributed by atoms with van der Waals surface area (Å²) in [7, 11) is 5.71. The van der Waals surface area contributed by atoms with Crippen LogP contribution in [0.3, 0.4) is 0 Å². The Morgan fingerprint density at radius 2 is 1.42 bits per heavy atom. The minimum absolute atomic E-state index is 0.255. The number of amides is 1. The molecule has 2 rings (SSSR count). The van der Waals surface area contributed by atoms with Crippen LogP contribution in [0.2, 0.25) is 10.0 Å². The van der Waals surface area contributed by atoms with Gasteiger partial charge < -0.3 is 24.3 Å². The fraction of sp³-hybridized carbons (Fsp3) is 0.300. The Labute approximate surface area is 189 Å². The molecule has 1 amide bonds. The Balaban J connectivity index is 2.33. The van der Waals surface area contributed by atoms with Crippen LogP contribution in [0.15, 0.2) is 34.5 Å². The number of ether oxygens (including phenoxy) is 4. The molecule has 0 aliphatic carbocycles. The van der Waals surface area contributed by atoms with Crippen molar-refractivity contribution < 1.29 is 28.5 Å². The highest BCUT2D eigenvalue weighted by atomic mass is 35.5. The standard InChI is InChI=1S/C20H21Cl2N3O6/c1-10(26)19(25-24-11-6-16(30-4)18(22)17(7-11)31-5)20(27)23-13-9-14(28-2)12(21)8-15(13)29-3/h6-9,19H,1-5H3,(H,23,27). The first-order chi connectivity index (χ1) is 14.7. The van der Waals surface area contributed by atoms with Gasteiger partial charge in [0.2, 0.25) is 6.04 Å². The molecule has 11 heteroatoms. The molecular formula is C20H21Cl2N3O6. The maximum atomic E-state index is 12.7. The molecule has 0 bridgehead atoms. The summed E-state index contributed by atoms with van der Waals surface area (Å²) in [5, 5.41) is 11.0. The number of rotatable bonds is 9. The van der Waals surface area contributed by atoms with Crippen LogP contribution in [0.1, 0.15) is 6.92 Å². The van der Waals surface area contributed by atoms with Crippen molar-refractivity contribution in [1.82, 2.24) is 0 Å². The number of halogens is 2. The Kier molecular flexibility index (Phi) is 8.47. The number of azo groups is 1. The number of carbonyl (C=O) groups is 2. The zero-order chi connectivity index (χ0) is 23.1. The van der Waals surface area contributed by atoms with Gasteiger partial charge >= 0.3 is 0 Å². The summed E-state index contributed by atoms with van der Waals surface area (Å²) >= 11 is 12.2. The second-order valence-electron chi connectivity index (χ2n) is 6.07. The summed E-state index contributed by atoms with van der Waals surface area (Å²) in [5.74, 6) is -0.0286. The lowest BCUT2D eigenvalue weighted by molar-refractivity contribution is -0.126. The lowest BCUT2D eigenvalue weighted by Gasteiger charge is -2.14. The number of nitrogens with zero attached hydrogens (tertiary/aromatic N) is 2. The number of ketones is 1. The number of hydrogen-bond acceptors (Lipinski definition) is 8. The molecule has 2 aromatic carbocycles. The normalized spacial score (nSPS) is 11.7. The topological polar surface area (TPSA) is 108 Å². The van der Waals surface area contributed by atoms with Gasteiger partial charge in [-0.2, -0.15) is 10.2 Å². The average molecular weight is 470 g/mol. The Morgan fingerprint density at radius 1 is 0.871 bits per heavy atom. The van der Waals surface area contributed by atoms with Gasteiger partial charge in [-0.25, -0.2) is 0 Å². The van der Waals surface area contributed by atoms with Crippen LogP contribution in [0.4, 0.5) is 11.4 Å². The van der Waals surface area contributed by atoms with Crippen LogP contribution in [0.25, 0.3) is 0 Å². The molecule has 0 heterocycles. The summed E-state index contributed by atoms with van der Waals surface area (Å²) in [6.45, 7) is 1.23. The van der Waals surface area contributed by atoms with E-state index in [0.717, 1.165) is 0 Å². The molecule has 0 radical (unpaired) electrons. The first-order valence-corrected chi connectivity index (χ1v) is 9.56. The Bertz CT molecular complexity index is 988. The molecule has 166 valence electrons. The van der Waals surface area contributed by atoms with Crippen LogP contribution in [0.5, 0.6) is 23.0 Å². The minimum atomic E-state index is -1.42. The number of methoxy groups -OCH3 is 4. The van der Waals surface area contributed by atoms with E-state index in [2.05, 4.69) is 15.5 Å². The summed E-state index contributed by atoms with van der Waals surface area (Å²) < 4.78 is 20.7. The van der Waals surface area contributed by atoms with E-state index in [-0.39, 0.29) is 22.1 Å². The monoisotopic (exact) mass is 469 g/mol. The van der Waals surface area contributed by atoms with E-state index in [1.807, 2.05) is 0 Å². The predicted molar refractivity (Wildman–Crippen MR) is 117 cm³/mol. The van der Waals surface area contributed by atoms with Crippen LogP contribution < -0.4 is 24.3 Å². The van der Waals surface area contributed by atoms with Gasteiger partial charge in [-0.1, -0.05) is 23.2 Å². The van der Waals surface area contributed by atoms with Gasteiger partial charge in [0.15, 0.2) is 5.78 Å². The molecule has 1 unspecified atom stereocenters. The highest BCUT2D eigenvalue weighted by Crippen LogP contribution is 2.38. The molecule has 0 spiro atoms.